The zero-order chi connectivity index (χ0) is 22.0. The molecule has 31 heavy (non-hydrogen) atoms. The summed E-state index contributed by atoms with van der Waals surface area (Å²) in [5.74, 6) is 0.0316. The van der Waals surface area contributed by atoms with Crippen LogP contribution in [0.2, 0.25) is 5.02 Å². The van der Waals surface area contributed by atoms with E-state index in [9.17, 15) is 9.90 Å². The van der Waals surface area contributed by atoms with Crippen molar-refractivity contribution in [2.45, 2.75) is 26.9 Å². The number of amides is 1. The zero-order valence-corrected chi connectivity index (χ0v) is 18.7. The Morgan fingerprint density at radius 3 is 2.77 bits per heavy atom. The molecule has 1 N–H and O–H groups in total. The Kier molecular flexibility index (Phi) is 6.12. The highest BCUT2D eigenvalue weighted by molar-refractivity contribution is 6.31. The summed E-state index contributed by atoms with van der Waals surface area (Å²) >= 11 is 6.07. The van der Waals surface area contributed by atoms with Crippen molar-refractivity contribution in [1.82, 2.24) is 4.90 Å². The van der Waals surface area contributed by atoms with E-state index in [0.717, 1.165) is 23.3 Å². The normalized spacial score (nSPS) is 19.4. The summed E-state index contributed by atoms with van der Waals surface area (Å²) in [7, 11) is 0. The van der Waals surface area contributed by atoms with E-state index in [1.807, 2.05) is 41.3 Å². The van der Waals surface area contributed by atoms with E-state index >= 15 is 0 Å². The Morgan fingerprint density at radius 1 is 1.23 bits per heavy atom. The molecule has 1 fully saturated rings. The summed E-state index contributed by atoms with van der Waals surface area (Å²) in [6.07, 6.45) is 5.22. The molecule has 5 heteroatoms. The van der Waals surface area contributed by atoms with Crippen LogP contribution >= 0.6 is 11.6 Å². The predicted molar refractivity (Wildman–Crippen MR) is 126 cm³/mol. The molecule has 0 saturated carbocycles. The monoisotopic (exact) mass is 434 g/mol. The highest BCUT2D eigenvalue weighted by Crippen LogP contribution is 2.36. The molecule has 0 radical (unpaired) electrons. The van der Waals surface area contributed by atoms with Crippen LogP contribution in [0.3, 0.4) is 0 Å². The minimum Gasteiger partial charge on any atom is -0.392 e. The van der Waals surface area contributed by atoms with Gasteiger partial charge in [0.25, 0.3) is 5.91 Å². The van der Waals surface area contributed by atoms with Crippen LogP contribution in [0.25, 0.3) is 0 Å². The van der Waals surface area contributed by atoms with E-state index in [1.165, 1.54) is 11.1 Å². The van der Waals surface area contributed by atoms with Gasteiger partial charge < -0.3 is 10.0 Å². The second kappa shape index (κ2) is 8.81. The summed E-state index contributed by atoms with van der Waals surface area (Å²) in [5, 5.41) is 9.96. The van der Waals surface area contributed by atoms with Gasteiger partial charge in [0, 0.05) is 34.7 Å². The van der Waals surface area contributed by atoms with Crippen LogP contribution in [-0.2, 0) is 6.61 Å². The number of benzene rings is 2. The topological polar surface area (TPSA) is 52.9 Å². The van der Waals surface area contributed by atoms with E-state index < -0.39 is 0 Å². The van der Waals surface area contributed by atoms with Gasteiger partial charge in [0.2, 0.25) is 0 Å². The number of nitrogens with zero attached hydrogens (tertiary/aromatic N) is 2. The van der Waals surface area contributed by atoms with Gasteiger partial charge in [-0.1, -0.05) is 61.4 Å². The molecule has 0 spiro atoms. The van der Waals surface area contributed by atoms with Crippen LogP contribution < -0.4 is 0 Å². The number of aliphatic hydroxyl groups is 1. The highest BCUT2D eigenvalue weighted by Gasteiger charge is 2.33. The maximum absolute atomic E-state index is 12.9. The molecule has 0 unspecified atom stereocenters. The number of aliphatic imine (C=N–C) groups is 1. The van der Waals surface area contributed by atoms with Crippen LogP contribution in [0.15, 0.2) is 76.8 Å². The van der Waals surface area contributed by atoms with Crippen LogP contribution in [0.5, 0.6) is 0 Å². The number of rotatable bonds is 4. The Balaban J connectivity index is 1.48. The maximum Gasteiger partial charge on any atom is 0.253 e. The van der Waals surface area contributed by atoms with E-state index in [4.69, 9.17) is 11.6 Å². The number of hydrogen-bond acceptors (Lipinski definition) is 3. The first-order valence-corrected chi connectivity index (χ1v) is 10.9. The summed E-state index contributed by atoms with van der Waals surface area (Å²) in [4.78, 5) is 19.6. The van der Waals surface area contributed by atoms with E-state index in [0.29, 0.717) is 30.2 Å². The van der Waals surface area contributed by atoms with Gasteiger partial charge in [0.05, 0.1) is 18.9 Å². The first-order chi connectivity index (χ1) is 14.9. The number of allylic oxidation sites excluding steroid dienone is 1. The second-order valence-corrected chi connectivity index (χ2v) is 9.26. The van der Waals surface area contributed by atoms with E-state index in [2.05, 4.69) is 31.0 Å². The fourth-order valence-electron chi connectivity index (χ4n) is 4.25. The Labute approximate surface area is 188 Å². The van der Waals surface area contributed by atoms with Gasteiger partial charge in [0.15, 0.2) is 0 Å². The highest BCUT2D eigenvalue weighted by atomic mass is 35.5. The van der Waals surface area contributed by atoms with Crippen molar-refractivity contribution in [2.75, 3.05) is 19.6 Å². The number of carbonyl (C=O) groups excluding carboxylic acids is 1. The van der Waals surface area contributed by atoms with Gasteiger partial charge in [0.1, 0.15) is 0 Å². The first-order valence-electron chi connectivity index (χ1n) is 10.6. The number of piperidine rings is 1. The van der Waals surface area contributed by atoms with Crippen molar-refractivity contribution in [1.29, 1.82) is 0 Å². The van der Waals surface area contributed by atoms with Crippen LogP contribution in [0, 0.1) is 5.41 Å². The standard InChI is InChI=1S/C26H27ClN2O2/c1-26(2)17-29(25(31)21-7-4-8-23(27)14-21)10-9-22(26)12-19-13-24(28-15-19)20-6-3-5-18(11-20)16-30/h3-8,11-14,30H,9-10,15-17H2,1-2H3/b22-12+. The molecule has 2 aliphatic rings. The molecule has 1 saturated heterocycles. The molecule has 0 bridgehead atoms. The first kappa shape index (κ1) is 21.5. The molecule has 160 valence electrons. The minimum absolute atomic E-state index is 0.0281. The molecular formula is C26H27ClN2O2. The molecule has 4 nitrogen and oxygen atoms in total. The van der Waals surface area contributed by atoms with Gasteiger partial charge in [-0.05, 0) is 47.9 Å². The lowest BCUT2D eigenvalue weighted by molar-refractivity contribution is 0.0663. The fourth-order valence-corrected chi connectivity index (χ4v) is 4.44. The van der Waals surface area contributed by atoms with E-state index in [-0.39, 0.29) is 17.9 Å². The third-order valence-electron chi connectivity index (χ3n) is 5.98. The third-order valence-corrected chi connectivity index (χ3v) is 6.22. The lowest BCUT2D eigenvalue weighted by atomic mass is 9.78. The number of carbonyl (C=O) groups is 1. The maximum atomic E-state index is 12.9. The Hall–Kier alpha value is -2.69. The molecule has 1 amide bonds. The fraction of sp³-hybridized carbons (Fsp3) is 0.308. The number of halogens is 1. The van der Waals surface area contributed by atoms with Gasteiger partial charge in [-0.3, -0.25) is 9.79 Å². The molecule has 0 atom stereocenters. The van der Waals surface area contributed by atoms with Crippen molar-refractivity contribution >= 4 is 23.2 Å². The molecule has 2 aromatic carbocycles. The smallest absolute Gasteiger partial charge is 0.253 e. The number of hydrogen-bond donors (Lipinski definition) is 1. The van der Waals surface area contributed by atoms with E-state index in [1.54, 1.807) is 12.1 Å². The van der Waals surface area contributed by atoms with Crippen molar-refractivity contribution < 1.29 is 9.90 Å². The SMILES string of the molecule is CC1(C)CN(C(=O)c2cccc(Cl)c2)CC/C1=C\C1=CC(c2cccc(CO)c2)=NC1. The van der Waals surface area contributed by atoms with Gasteiger partial charge in [-0.25, -0.2) is 0 Å². The molecule has 4 rings (SSSR count). The largest absolute Gasteiger partial charge is 0.392 e. The predicted octanol–water partition coefficient (Wildman–Crippen LogP) is 5.06. The molecule has 2 aromatic rings. The van der Waals surface area contributed by atoms with Crippen molar-refractivity contribution in [2.24, 2.45) is 10.4 Å². The lowest BCUT2D eigenvalue weighted by Gasteiger charge is -2.40. The molecule has 2 heterocycles. The van der Waals surface area contributed by atoms with Crippen LogP contribution in [-0.4, -0.2) is 41.3 Å². The molecule has 2 aliphatic heterocycles. The molecular weight excluding hydrogens is 408 g/mol. The number of aliphatic hydroxyl groups excluding tert-OH is 1. The zero-order valence-electron chi connectivity index (χ0n) is 17.9. The van der Waals surface area contributed by atoms with Gasteiger partial charge in [-0.15, -0.1) is 0 Å². The summed E-state index contributed by atoms with van der Waals surface area (Å²) < 4.78 is 0. The summed E-state index contributed by atoms with van der Waals surface area (Å²) in [5.41, 5.74) is 5.91. The van der Waals surface area contributed by atoms with Crippen molar-refractivity contribution in [3.63, 3.8) is 0 Å². The van der Waals surface area contributed by atoms with Crippen LogP contribution in [0.4, 0.5) is 0 Å². The van der Waals surface area contributed by atoms with Crippen molar-refractivity contribution in [3.8, 4) is 0 Å². The van der Waals surface area contributed by atoms with Gasteiger partial charge in [-0.2, -0.15) is 0 Å². The second-order valence-electron chi connectivity index (χ2n) is 8.82. The lowest BCUT2D eigenvalue weighted by Crippen LogP contribution is -2.45. The van der Waals surface area contributed by atoms with Gasteiger partial charge >= 0.3 is 0 Å². The molecule has 0 aromatic heterocycles. The Bertz CT molecular complexity index is 1100. The number of likely N-dealkylation sites (tertiary alicyclic amines) is 1. The van der Waals surface area contributed by atoms with Crippen LogP contribution in [0.1, 0.15) is 41.8 Å². The summed E-state index contributed by atoms with van der Waals surface area (Å²) in [6, 6.07) is 15.0. The Morgan fingerprint density at radius 2 is 2.03 bits per heavy atom. The molecule has 0 aliphatic carbocycles. The average molecular weight is 435 g/mol. The third kappa shape index (κ3) is 4.81. The summed E-state index contributed by atoms with van der Waals surface area (Å²) in [6.45, 7) is 6.43. The average Bonchev–Trinajstić information content (AvgIpc) is 3.23. The van der Waals surface area contributed by atoms with Crippen molar-refractivity contribution in [3.05, 3.63) is 93.5 Å². The quantitative estimate of drug-likeness (QED) is 0.731. The minimum atomic E-state index is -0.118.